The lowest BCUT2D eigenvalue weighted by atomic mass is 9.91. The fraction of sp³-hybridized carbons (Fsp3) is 0.471. The zero-order valence-corrected chi connectivity index (χ0v) is 11.7. The molecule has 2 heterocycles. The molecule has 1 aromatic carbocycles. The number of aromatic nitrogens is 1. The van der Waals surface area contributed by atoms with Gasteiger partial charge in [-0.1, -0.05) is 6.07 Å². The average molecular weight is 254 g/mol. The summed E-state index contributed by atoms with van der Waals surface area (Å²) in [6.45, 7) is 4.51. The molecule has 0 radical (unpaired) electrons. The molecule has 1 aromatic heterocycles. The number of aryl methyl sites for hydroxylation is 2. The van der Waals surface area contributed by atoms with Crippen LogP contribution in [0.5, 0.6) is 0 Å². The highest BCUT2D eigenvalue weighted by atomic mass is 14.9. The van der Waals surface area contributed by atoms with Crippen molar-refractivity contribution in [1.82, 2.24) is 10.3 Å². The second kappa shape index (κ2) is 5.70. The van der Waals surface area contributed by atoms with Crippen molar-refractivity contribution in [2.75, 3.05) is 13.1 Å². The second-order valence-corrected chi connectivity index (χ2v) is 5.77. The van der Waals surface area contributed by atoms with E-state index in [1.807, 2.05) is 6.20 Å². The number of piperidine rings is 1. The molecule has 1 aliphatic rings. The fourth-order valence-corrected chi connectivity index (χ4v) is 2.99. The fourth-order valence-electron chi connectivity index (χ4n) is 2.99. The molecule has 1 saturated heterocycles. The topological polar surface area (TPSA) is 24.9 Å². The Labute approximate surface area is 115 Å². The highest BCUT2D eigenvalue weighted by molar-refractivity contribution is 5.79. The van der Waals surface area contributed by atoms with Gasteiger partial charge in [-0.25, -0.2) is 0 Å². The third-order valence-corrected chi connectivity index (χ3v) is 4.18. The maximum atomic E-state index is 4.46. The van der Waals surface area contributed by atoms with Crippen molar-refractivity contribution in [1.29, 1.82) is 0 Å². The summed E-state index contributed by atoms with van der Waals surface area (Å²) in [7, 11) is 0. The van der Waals surface area contributed by atoms with Crippen molar-refractivity contribution in [2.45, 2.75) is 32.6 Å². The van der Waals surface area contributed by atoms with Crippen LogP contribution in [0.4, 0.5) is 0 Å². The summed E-state index contributed by atoms with van der Waals surface area (Å²) in [5.41, 5.74) is 3.80. The first-order valence-corrected chi connectivity index (χ1v) is 7.37. The van der Waals surface area contributed by atoms with E-state index in [9.17, 15) is 0 Å². The van der Waals surface area contributed by atoms with Crippen LogP contribution in [-0.2, 0) is 6.42 Å². The Morgan fingerprint density at radius 3 is 2.89 bits per heavy atom. The van der Waals surface area contributed by atoms with Crippen molar-refractivity contribution >= 4 is 10.9 Å². The minimum absolute atomic E-state index is 0.910. The van der Waals surface area contributed by atoms with Gasteiger partial charge in [-0.3, -0.25) is 4.98 Å². The van der Waals surface area contributed by atoms with Crippen molar-refractivity contribution < 1.29 is 0 Å². The molecule has 100 valence electrons. The van der Waals surface area contributed by atoms with Crippen molar-refractivity contribution in [3.63, 3.8) is 0 Å². The van der Waals surface area contributed by atoms with Gasteiger partial charge in [0.25, 0.3) is 0 Å². The van der Waals surface area contributed by atoms with Crippen molar-refractivity contribution in [3.8, 4) is 0 Å². The quantitative estimate of drug-likeness (QED) is 0.907. The predicted molar refractivity (Wildman–Crippen MR) is 80.4 cm³/mol. The molecule has 0 spiro atoms. The summed E-state index contributed by atoms with van der Waals surface area (Å²) < 4.78 is 0. The van der Waals surface area contributed by atoms with E-state index < -0.39 is 0 Å². The Morgan fingerprint density at radius 2 is 2.05 bits per heavy atom. The normalized spacial score (nSPS) is 16.9. The lowest BCUT2D eigenvalue weighted by Gasteiger charge is -2.22. The number of pyridine rings is 1. The van der Waals surface area contributed by atoms with Gasteiger partial charge in [0.05, 0.1) is 5.52 Å². The minimum atomic E-state index is 0.910. The van der Waals surface area contributed by atoms with Crippen molar-refractivity contribution in [2.24, 2.45) is 5.92 Å². The lowest BCUT2D eigenvalue weighted by molar-refractivity contribution is 0.354. The number of hydrogen-bond acceptors (Lipinski definition) is 2. The molecule has 3 rings (SSSR count). The van der Waals surface area contributed by atoms with Crippen LogP contribution in [0.3, 0.4) is 0 Å². The molecule has 1 fully saturated rings. The summed E-state index contributed by atoms with van der Waals surface area (Å²) in [5.74, 6) is 0.910. The molecule has 0 atom stereocenters. The van der Waals surface area contributed by atoms with Crippen LogP contribution in [0, 0.1) is 12.8 Å². The summed E-state index contributed by atoms with van der Waals surface area (Å²) in [6.07, 6.45) is 7.15. The average Bonchev–Trinajstić information content (AvgIpc) is 2.46. The van der Waals surface area contributed by atoms with Crippen LogP contribution < -0.4 is 5.32 Å². The number of fused-ring (bicyclic) bond motifs is 1. The molecule has 19 heavy (non-hydrogen) atoms. The number of benzene rings is 1. The standard InChI is InChI=1S/C17H22N2/c1-13-10-16-11-15(4-5-17(16)19-12-13)3-2-14-6-8-18-9-7-14/h4-5,10-12,14,18H,2-3,6-9H2,1H3. The summed E-state index contributed by atoms with van der Waals surface area (Å²) in [4.78, 5) is 4.46. The predicted octanol–water partition coefficient (Wildman–Crippen LogP) is 3.48. The van der Waals surface area contributed by atoms with E-state index in [0.717, 1.165) is 11.4 Å². The molecular formula is C17H22N2. The Kier molecular flexibility index (Phi) is 3.79. The van der Waals surface area contributed by atoms with Gasteiger partial charge in [0.15, 0.2) is 0 Å². The smallest absolute Gasteiger partial charge is 0.0702 e. The number of rotatable bonds is 3. The maximum Gasteiger partial charge on any atom is 0.0702 e. The van der Waals surface area contributed by atoms with Gasteiger partial charge in [-0.2, -0.15) is 0 Å². The van der Waals surface area contributed by atoms with Crippen LogP contribution in [0.1, 0.15) is 30.4 Å². The molecule has 0 bridgehead atoms. The van der Waals surface area contributed by atoms with Gasteiger partial charge in [0.1, 0.15) is 0 Å². The Morgan fingerprint density at radius 1 is 1.21 bits per heavy atom. The van der Waals surface area contributed by atoms with E-state index in [1.54, 1.807) is 0 Å². The molecular weight excluding hydrogens is 232 g/mol. The molecule has 0 amide bonds. The first kappa shape index (κ1) is 12.6. The summed E-state index contributed by atoms with van der Waals surface area (Å²) in [6, 6.07) is 8.95. The third-order valence-electron chi connectivity index (χ3n) is 4.18. The highest BCUT2D eigenvalue weighted by Crippen LogP contribution is 2.21. The van der Waals surface area contributed by atoms with Gasteiger partial charge >= 0.3 is 0 Å². The zero-order chi connectivity index (χ0) is 13.1. The van der Waals surface area contributed by atoms with E-state index in [-0.39, 0.29) is 0 Å². The van der Waals surface area contributed by atoms with E-state index in [4.69, 9.17) is 0 Å². The van der Waals surface area contributed by atoms with Crippen LogP contribution >= 0.6 is 0 Å². The number of hydrogen-bond donors (Lipinski definition) is 1. The molecule has 0 saturated carbocycles. The lowest BCUT2D eigenvalue weighted by Crippen LogP contribution is -2.27. The van der Waals surface area contributed by atoms with Crippen LogP contribution in [0.2, 0.25) is 0 Å². The van der Waals surface area contributed by atoms with Crippen LogP contribution in [0.15, 0.2) is 30.5 Å². The largest absolute Gasteiger partial charge is 0.317 e. The van der Waals surface area contributed by atoms with Crippen LogP contribution in [0.25, 0.3) is 10.9 Å². The van der Waals surface area contributed by atoms with Gasteiger partial charge in [0, 0.05) is 11.6 Å². The van der Waals surface area contributed by atoms with E-state index in [0.29, 0.717) is 0 Å². The molecule has 1 N–H and O–H groups in total. The Balaban J connectivity index is 1.70. The molecule has 2 aromatic rings. The number of nitrogens with one attached hydrogen (secondary N) is 1. The summed E-state index contributed by atoms with van der Waals surface area (Å²) >= 11 is 0. The Hall–Kier alpha value is -1.41. The molecule has 2 heteroatoms. The molecule has 0 aliphatic carbocycles. The first-order chi connectivity index (χ1) is 9.31. The zero-order valence-electron chi connectivity index (χ0n) is 11.7. The van der Waals surface area contributed by atoms with Gasteiger partial charge < -0.3 is 5.32 Å². The van der Waals surface area contributed by atoms with Crippen LogP contribution in [-0.4, -0.2) is 18.1 Å². The monoisotopic (exact) mass is 254 g/mol. The van der Waals surface area contributed by atoms with E-state index >= 15 is 0 Å². The van der Waals surface area contributed by atoms with Gasteiger partial charge in [-0.05, 0) is 80.9 Å². The van der Waals surface area contributed by atoms with E-state index in [2.05, 4.69) is 41.5 Å². The second-order valence-electron chi connectivity index (χ2n) is 5.77. The highest BCUT2D eigenvalue weighted by Gasteiger charge is 2.12. The van der Waals surface area contributed by atoms with E-state index in [1.165, 1.54) is 55.3 Å². The minimum Gasteiger partial charge on any atom is -0.317 e. The van der Waals surface area contributed by atoms with Gasteiger partial charge in [0.2, 0.25) is 0 Å². The Bertz CT molecular complexity index is 556. The molecule has 1 aliphatic heterocycles. The molecule has 2 nitrogen and oxygen atoms in total. The maximum absolute atomic E-state index is 4.46. The van der Waals surface area contributed by atoms with Gasteiger partial charge in [-0.15, -0.1) is 0 Å². The number of nitrogens with zero attached hydrogens (tertiary/aromatic N) is 1. The third kappa shape index (κ3) is 3.13. The first-order valence-electron chi connectivity index (χ1n) is 7.37. The van der Waals surface area contributed by atoms with Crippen molar-refractivity contribution in [3.05, 3.63) is 41.6 Å². The summed E-state index contributed by atoms with van der Waals surface area (Å²) in [5, 5.41) is 4.72. The molecule has 0 unspecified atom stereocenters. The SMILES string of the molecule is Cc1cnc2ccc(CCC3CCNCC3)cc2c1.